The SMILES string of the molecule is COCCCOc1cc(CC(CC(N)C(O)CNS(=O)(=O)C(C)C)C(C)C)ccc1OC.Cl. The number of aliphatic hydroxyl groups is 1. The Morgan fingerprint density at radius 3 is 2.30 bits per heavy atom. The van der Waals surface area contributed by atoms with Crippen LogP contribution in [0.3, 0.4) is 0 Å². The van der Waals surface area contributed by atoms with Gasteiger partial charge in [-0.3, -0.25) is 0 Å². The number of rotatable bonds is 16. The summed E-state index contributed by atoms with van der Waals surface area (Å²) in [4.78, 5) is 0. The van der Waals surface area contributed by atoms with Gasteiger partial charge in [-0.15, -0.1) is 12.4 Å². The highest BCUT2D eigenvalue weighted by atomic mass is 35.5. The number of sulfonamides is 1. The first-order valence-electron chi connectivity index (χ1n) is 11.2. The van der Waals surface area contributed by atoms with Crippen LogP contribution in [0.5, 0.6) is 11.5 Å². The zero-order valence-corrected chi connectivity index (χ0v) is 22.4. The van der Waals surface area contributed by atoms with Gasteiger partial charge in [0, 0.05) is 32.7 Å². The van der Waals surface area contributed by atoms with Gasteiger partial charge in [-0.05, 0) is 56.2 Å². The summed E-state index contributed by atoms with van der Waals surface area (Å²) < 4.78 is 42.7. The maximum atomic E-state index is 11.9. The number of benzene rings is 1. The summed E-state index contributed by atoms with van der Waals surface area (Å²) in [6.07, 6.45) is 1.15. The van der Waals surface area contributed by atoms with E-state index in [0.717, 1.165) is 18.4 Å². The molecule has 194 valence electrons. The Kier molecular flexibility index (Phi) is 15.2. The fourth-order valence-corrected chi connectivity index (χ4v) is 4.00. The summed E-state index contributed by atoms with van der Waals surface area (Å²) in [6, 6.07) is 5.35. The molecule has 0 amide bonds. The van der Waals surface area contributed by atoms with E-state index in [1.54, 1.807) is 28.1 Å². The molecular weight excluding hydrogens is 468 g/mol. The molecule has 0 radical (unpaired) electrons. The predicted molar refractivity (Wildman–Crippen MR) is 135 cm³/mol. The van der Waals surface area contributed by atoms with Gasteiger partial charge in [-0.1, -0.05) is 19.9 Å². The lowest BCUT2D eigenvalue weighted by atomic mass is 9.83. The standard InChI is InChI=1S/C23H42N2O6S.ClH/c1-16(2)19(14-20(24)21(26)15-25-32(27,28)17(3)4)12-18-8-9-22(30-6)23(13-18)31-11-7-10-29-5;/h8-9,13,16-17,19-21,25-26H,7,10-12,14-15,24H2,1-6H3;1H. The van der Waals surface area contributed by atoms with Gasteiger partial charge in [0.25, 0.3) is 0 Å². The third-order valence-corrected chi connectivity index (χ3v) is 7.41. The molecule has 0 aliphatic heterocycles. The third-order valence-electron chi connectivity index (χ3n) is 5.60. The summed E-state index contributed by atoms with van der Waals surface area (Å²) in [6.45, 7) is 8.50. The van der Waals surface area contributed by atoms with Crippen molar-refractivity contribution >= 4 is 22.4 Å². The second kappa shape index (κ2) is 15.7. The lowest BCUT2D eigenvalue weighted by molar-refractivity contribution is 0.129. The van der Waals surface area contributed by atoms with Crippen LogP contribution in [0.4, 0.5) is 0 Å². The highest BCUT2D eigenvalue weighted by Gasteiger charge is 2.25. The van der Waals surface area contributed by atoms with E-state index >= 15 is 0 Å². The number of ether oxygens (including phenoxy) is 3. The van der Waals surface area contributed by atoms with Crippen molar-refractivity contribution in [3.63, 3.8) is 0 Å². The second-order valence-electron chi connectivity index (χ2n) is 8.80. The summed E-state index contributed by atoms with van der Waals surface area (Å²) in [5.41, 5.74) is 7.33. The lowest BCUT2D eigenvalue weighted by Gasteiger charge is -2.27. The molecule has 0 heterocycles. The molecule has 0 bridgehead atoms. The summed E-state index contributed by atoms with van der Waals surface area (Å²) in [7, 11) is -0.168. The average molecular weight is 511 g/mol. The van der Waals surface area contributed by atoms with Gasteiger partial charge in [0.2, 0.25) is 10.0 Å². The van der Waals surface area contributed by atoms with Gasteiger partial charge in [0.1, 0.15) is 0 Å². The van der Waals surface area contributed by atoms with Gasteiger partial charge in [-0.2, -0.15) is 0 Å². The van der Waals surface area contributed by atoms with E-state index in [4.69, 9.17) is 19.9 Å². The summed E-state index contributed by atoms with van der Waals surface area (Å²) in [5, 5.41) is 9.85. The predicted octanol–water partition coefficient (Wildman–Crippen LogP) is 2.75. The van der Waals surface area contributed by atoms with Crippen LogP contribution in [0.1, 0.15) is 46.1 Å². The molecular formula is C23H43ClN2O6S. The molecule has 0 fully saturated rings. The molecule has 0 aliphatic rings. The van der Waals surface area contributed by atoms with Gasteiger partial charge in [0.15, 0.2) is 11.5 Å². The quantitative estimate of drug-likeness (QED) is 0.292. The molecule has 8 nitrogen and oxygen atoms in total. The van der Waals surface area contributed by atoms with Crippen molar-refractivity contribution in [1.29, 1.82) is 0 Å². The van der Waals surface area contributed by atoms with Crippen LogP contribution in [-0.4, -0.2) is 64.9 Å². The molecule has 0 aromatic heterocycles. The highest BCUT2D eigenvalue weighted by molar-refractivity contribution is 7.90. The molecule has 10 heteroatoms. The maximum Gasteiger partial charge on any atom is 0.214 e. The minimum Gasteiger partial charge on any atom is -0.493 e. The molecule has 0 spiro atoms. The molecule has 0 saturated carbocycles. The van der Waals surface area contributed by atoms with Crippen LogP contribution in [0.2, 0.25) is 0 Å². The molecule has 1 aromatic rings. The van der Waals surface area contributed by atoms with Crippen LogP contribution >= 0.6 is 12.4 Å². The Hall–Kier alpha value is -1.10. The van der Waals surface area contributed by atoms with Gasteiger partial charge < -0.3 is 25.1 Å². The molecule has 3 atom stereocenters. The van der Waals surface area contributed by atoms with E-state index in [1.165, 1.54) is 0 Å². The molecule has 0 saturated heterocycles. The summed E-state index contributed by atoms with van der Waals surface area (Å²) >= 11 is 0. The van der Waals surface area contributed by atoms with Crippen LogP contribution in [0, 0.1) is 11.8 Å². The molecule has 4 N–H and O–H groups in total. The molecule has 3 unspecified atom stereocenters. The van der Waals surface area contributed by atoms with Crippen molar-refractivity contribution < 1.29 is 27.7 Å². The zero-order valence-electron chi connectivity index (χ0n) is 20.7. The van der Waals surface area contributed by atoms with E-state index in [2.05, 4.69) is 18.6 Å². The second-order valence-corrected chi connectivity index (χ2v) is 11.1. The first-order chi connectivity index (χ1) is 15.0. The number of hydrogen-bond donors (Lipinski definition) is 3. The highest BCUT2D eigenvalue weighted by Crippen LogP contribution is 2.31. The van der Waals surface area contributed by atoms with Gasteiger partial charge in [0.05, 0.1) is 25.1 Å². The maximum absolute atomic E-state index is 11.9. The van der Waals surface area contributed by atoms with Crippen LogP contribution in [0.15, 0.2) is 18.2 Å². The largest absolute Gasteiger partial charge is 0.493 e. The van der Waals surface area contributed by atoms with Crippen molar-refractivity contribution in [3.05, 3.63) is 23.8 Å². The van der Waals surface area contributed by atoms with Gasteiger partial charge >= 0.3 is 0 Å². The van der Waals surface area contributed by atoms with Crippen LogP contribution in [-0.2, 0) is 21.2 Å². The van der Waals surface area contributed by atoms with Crippen molar-refractivity contribution in [1.82, 2.24) is 4.72 Å². The van der Waals surface area contributed by atoms with E-state index in [1.807, 2.05) is 18.2 Å². The Bertz CT molecular complexity index is 776. The number of nitrogens with one attached hydrogen (secondary N) is 1. The van der Waals surface area contributed by atoms with Crippen molar-refractivity contribution in [2.24, 2.45) is 17.6 Å². The van der Waals surface area contributed by atoms with E-state index in [9.17, 15) is 13.5 Å². The Labute approximate surface area is 206 Å². The average Bonchev–Trinajstić information content (AvgIpc) is 2.74. The first kappa shape index (κ1) is 31.9. The van der Waals surface area contributed by atoms with E-state index in [-0.39, 0.29) is 24.9 Å². The van der Waals surface area contributed by atoms with Crippen molar-refractivity contribution in [2.45, 2.75) is 64.4 Å². The molecule has 0 aliphatic carbocycles. The third kappa shape index (κ3) is 11.2. The molecule has 33 heavy (non-hydrogen) atoms. The number of aliphatic hydroxyl groups excluding tert-OH is 1. The number of nitrogens with two attached hydrogens (primary N) is 1. The Morgan fingerprint density at radius 1 is 1.09 bits per heavy atom. The summed E-state index contributed by atoms with van der Waals surface area (Å²) in [5.74, 6) is 1.90. The van der Waals surface area contributed by atoms with Crippen molar-refractivity contribution in [3.8, 4) is 11.5 Å². The normalized spacial score (nSPS) is 14.6. The minimum absolute atomic E-state index is 0. The van der Waals surface area contributed by atoms with Crippen molar-refractivity contribution in [2.75, 3.05) is 34.0 Å². The van der Waals surface area contributed by atoms with E-state index < -0.39 is 27.4 Å². The van der Waals surface area contributed by atoms with Gasteiger partial charge in [-0.25, -0.2) is 13.1 Å². The fraction of sp³-hybridized carbons (Fsp3) is 0.739. The Morgan fingerprint density at radius 2 is 1.76 bits per heavy atom. The van der Waals surface area contributed by atoms with E-state index in [0.29, 0.717) is 37.1 Å². The molecule has 1 rings (SSSR count). The zero-order chi connectivity index (χ0) is 24.3. The minimum atomic E-state index is -3.44. The first-order valence-corrected chi connectivity index (χ1v) is 12.8. The van der Waals surface area contributed by atoms with Crippen LogP contribution in [0.25, 0.3) is 0 Å². The number of hydrogen-bond acceptors (Lipinski definition) is 7. The molecule has 1 aromatic carbocycles. The number of halogens is 1. The smallest absolute Gasteiger partial charge is 0.214 e. The number of methoxy groups -OCH3 is 2. The van der Waals surface area contributed by atoms with Crippen LogP contribution < -0.4 is 19.9 Å². The Balaban J connectivity index is 0.0000102. The topological polar surface area (TPSA) is 120 Å². The monoisotopic (exact) mass is 510 g/mol. The lowest BCUT2D eigenvalue weighted by Crippen LogP contribution is -2.46. The fourth-order valence-electron chi connectivity index (χ4n) is 3.27.